The fraction of sp³-hybridized carbons (Fsp3) is 0.308. The lowest BCUT2D eigenvalue weighted by atomic mass is 10.1. The van der Waals surface area contributed by atoms with Gasteiger partial charge in [0.2, 0.25) is 0 Å². The SMILES string of the molecule is CC1(NC(=O)c2cccc3[nH]ccc23)CC1. The minimum Gasteiger partial charge on any atom is -0.361 e. The van der Waals surface area contributed by atoms with E-state index in [1.54, 1.807) is 0 Å². The van der Waals surface area contributed by atoms with Gasteiger partial charge in [0.15, 0.2) is 0 Å². The lowest BCUT2D eigenvalue weighted by Gasteiger charge is -2.11. The molecule has 1 aliphatic carbocycles. The van der Waals surface area contributed by atoms with E-state index in [2.05, 4.69) is 17.2 Å². The zero-order valence-corrected chi connectivity index (χ0v) is 9.21. The van der Waals surface area contributed by atoms with Crippen molar-refractivity contribution in [3.05, 3.63) is 36.0 Å². The second kappa shape index (κ2) is 3.11. The molecule has 1 aromatic heterocycles. The molecule has 0 spiro atoms. The number of carbonyl (C=O) groups excluding carboxylic acids is 1. The van der Waals surface area contributed by atoms with Crippen LogP contribution in [0.15, 0.2) is 30.5 Å². The van der Waals surface area contributed by atoms with Gasteiger partial charge in [0.25, 0.3) is 5.91 Å². The minimum atomic E-state index is 0.0326. The van der Waals surface area contributed by atoms with E-state index in [4.69, 9.17) is 0 Å². The number of H-pyrrole nitrogens is 1. The Kier molecular flexibility index (Phi) is 1.84. The summed E-state index contributed by atoms with van der Waals surface area (Å²) in [5.74, 6) is 0.0326. The zero-order valence-electron chi connectivity index (χ0n) is 9.21. The van der Waals surface area contributed by atoms with Crippen LogP contribution in [0, 0.1) is 0 Å². The Balaban J connectivity index is 1.98. The number of amides is 1. The van der Waals surface area contributed by atoms with E-state index in [1.165, 1.54) is 0 Å². The van der Waals surface area contributed by atoms with Crippen LogP contribution in [-0.4, -0.2) is 16.4 Å². The number of hydrogen-bond donors (Lipinski definition) is 2. The monoisotopic (exact) mass is 214 g/mol. The molecule has 3 nitrogen and oxygen atoms in total. The van der Waals surface area contributed by atoms with E-state index < -0.39 is 0 Å². The van der Waals surface area contributed by atoms with Gasteiger partial charge in [-0.3, -0.25) is 4.79 Å². The van der Waals surface area contributed by atoms with Crippen LogP contribution in [0.3, 0.4) is 0 Å². The van der Waals surface area contributed by atoms with Gasteiger partial charge in [-0.2, -0.15) is 0 Å². The van der Waals surface area contributed by atoms with Crippen molar-refractivity contribution in [2.75, 3.05) is 0 Å². The van der Waals surface area contributed by atoms with Crippen LogP contribution >= 0.6 is 0 Å². The van der Waals surface area contributed by atoms with Crippen LogP contribution in [0.1, 0.15) is 30.1 Å². The Morgan fingerprint density at radius 3 is 2.94 bits per heavy atom. The summed E-state index contributed by atoms with van der Waals surface area (Å²) < 4.78 is 0. The molecule has 1 aliphatic rings. The van der Waals surface area contributed by atoms with Gasteiger partial charge in [0.1, 0.15) is 0 Å². The van der Waals surface area contributed by atoms with Crippen LogP contribution in [0.2, 0.25) is 0 Å². The number of aromatic nitrogens is 1. The molecule has 2 aromatic rings. The van der Waals surface area contributed by atoms with Crippen molar-refractivity contribution in [3.63, 3.8) is 0 Å². The van der Waals surface area contributed by atoms with Gasteiger partial charge in [-0.05, 0) is 38.0 Å². The van der Waals surface area contributed by atoms with Crippen molar-refractivity contribution in [2.45, 2.75) is 25.3 Å². The highest BCUT2D eigenvalue weighted by Gasteiger charge is 2.38. The summed E-state index contributed by atoms with van der Waals surface area (Å²) in [7, 11) is 0. The van der Waals surface area contributed by atoms with Gasteiger partial charge in [-0.15, -0.1) is 0 Å². The Morgan fingerprint density at radius 2 is 2.19 bits per heavy atom. The summed E-state index contributed by atoms with van der Waals surface area (Å²) in [5, 5.41) is 4.07. The smallest absolute Gasteiger partial charge is 0.252 e. The summed E-state index contributed by atoms with van der Waals surface area (Å²) in [6.45, 7) is 2.09. The molecular weight excluding hydrogens is 200 g/mol. The molecule has 1 heterocycles. The highest BCUT2D eigenvalue weighted by Crippen LogP contribution is 2.34. The second-order valence-corrected chi connectivity index (χ2v) is 4.76. The molecule has 82 valence electrons. The number of benzene rings is 1. The van der Waals surface area contributed by atoms with Gasteiger partial charge in [0.05, 0.1) is 0 Å². The predicted molar refractivity (Wildman–Crippen MR) is 63.4 cm³/mol. The maximum absolute atomic E-state index is 12.1. The van der Waals surface area contributed by atoms with Gasteiger partial charge in [0, 0.05) is 28.2 Å². The fourth-order valence-electron chi connectivity index (χ4n) is 1.94. The topological polar surface area (TPSA) is 44.9 Å². The van der Waals surface area contributed by atoms with Crippen molar-refractivity contribution in [2.24, 2.45) is 0 Å². The molecule has 16 heavy (non-hydrogen) atoms. The predicted octanol–water partition coefficient (Wildman–Crippen LogP) is 2.45. The lowest BCUT2D eigenvalue weighted by molar-refractivity contribution is 0.0937. The first-order chi connectivity index (χ1) is 7.68. The van der Waals surface area contributed by atoms with Crippen molar-refractivity contribution in [1.82, 2.24) is 10.3 Å². The lowest BCUT2D eigenvalue weighted by Crippen LogP contribution is -2.34. The van der Waals surface area contributed by atoms with Crippen LogP contribution in [-0.2, 0) is 0 Å². The van der Waals surface area contributed by atoms with Crippen molar-refractivity contribution in [1.29, 1.82) is 0 Å². The number of carbonyl (C=O) groups is 1. The Labute approximate surface area is 93.9 Å². The van der Waals surface area contributed by atoms with Gasteiger partial charge >= 0.3 is 0 Å². The summed E-state index contributed by atoms with van der Waals surface area (Å²) in [6.07, 6.45) is 4.03. The van der Waals surface area contributed by atoms with Crippen molar-refractivity contribution in [3.8, 4) is 0 Å². The standard InChI is InChI=1S/C13H14N2O/c1-13(6-7-13)15-12(16)10-3-2-4-11-9(10)5-8-14-11/h2-5,8,14H,6-7H2,1H3,(H,15,16). The Hall–Kier alpha value is -1.77. The first kappa shape index (κ1) is 9.46. The molecule has 3 heteroatoms. The van der Waals surface area contributed by atoms with Crippen LogP contribution in [0.4, 0.5) is 0 Å². The van der Waals surface area contributed by atoms with E-state index in [-0.39, 0.29) is 11.4 Å². The Morgan fingerprint density at radius 1 is 1.38 bits per heavy atom. The quantitative estimate of drug-likeness (QED) is 0.792. The van der Waals surface area contributed by atoms with E-state index in [0.29, 0.717) is 0 Å². The van der Waals surface area contributed by atoms with E-state index in [0.717, 1.165) is 29.3 Å². The number of fused-ring (bicyclic) bond motifs is 1. The van der Waals surface area contributed by atoms with Crippen molar-refractivity contribution >= 4 is 16.8 Å². The van der Waals surface area contributed by atoms with Gasteiger partial charge < -0.3 is 10.3 Å². The average Bonchev–Trinajstić information content (AvgIpc) is 2.81. The molecule has 2 N–H and O–H groups in total. The zero-order chi connectivity index (χ0) is 11.2. The van der Waals surface area contributed by atoms with E-state index in [9.17, 15) is 4.79 Å². The van der Waals surface area contributed by atoms with E-state index >= 15 is 0 Å². The number of rotatable bonds is 2. The molecule has 0 aliphatic heterocycles. The highest BCUT2D eigenvalue weighted by molar-refractivity contribution is 6.06. The first-order valence-electron chi connectivity index (χ1n) is 5.57. The Bertz CT molecular complexity index is 552. The van der Waals surface area contributed by atoms with E-state index in [1.807, 2.05) is 30.5 Å². The van der Waals surface area contributed by atoms with Crippen LogP contribution in [0.25, 0.3) is 10.9 Å². The number of hydrogen-bond acceptors (Lipinski definition) is 1. The normalized spacial score (nSPS) is 17.3. The maximum Gasteiger partial charge on any atom is 0.252 e. The third-order valence-electron chi connectivity index (χ3n) is 3.25. The third-order valence-corrected chi connectivity index (χ3v) is 3.25. The summed E-state index contributed by atoms with van der Waals surface area (Å²) >= 11 is 0. The van der Waals surface area contributed by atoms with Gasteiger partial charge in [-0.1, -0.05) is 6.07 Å². The summed E-state index contributed by atoms with van der Waals surface area (Å²) in [4.78, 5) is 15.2. The first-order valence-corrected chi connectivity index (χ1v) is 5.57. The molecule has 1 aromatic carbocycles. The number of nitrogens with one attached hydrogen (secondary N) is 2. The summed E-state index contributed by atoms with van der Waals surface area (Å²) in [5.41, 5.74) is 1.80. The maximum atomic E-state index is 12.1. The second-order valence-electron chi connectivity index (χ2n) is 4.76. The molecule has 1 saturated carbocycles. The van der Waals surface area contributed by atoms with Crippen molar-refractivity contribution < 1.29 is 4.79 Å². The van der Waals surface area contributed by atoms with Crippen LogP contribution < -0.4 is 5.32 Å². The molecule has 0 saturated heterocycles. The number of aromatic amines is 1. The molecule has 3 rings (SSSR count). The fourth-order valence-corrected chi connectivity index (χ4v) is 1.94. The highest BCUT2D eigenvalue weighted by atomic mass is 16.1. The summed E-state index contributed by atoms with van der Waals surface area (Å²) in [6, 6.07) is 7.70. The van der Waals surface area contributed by atoms with Gasteiger partial charge in [-0.25, -0.2) is 0 Å². The largest absolute Gasteiger partial charge is 0.361 e. The third kappa shape index (κ3) is 1.48. The molecular formula is C13H14N2O. The molecule has 0 unspecified atom stereocenters. The molecule has 1 amide bonds. The minimum absolute atomic E-state index is 0.0326. The molecule has 1 fully saturated rings. The molecule has 0 atom stereocenters. The van der Waals surface area contributed by atoms with Crippen LogP contribution in [0.5, 0.6) is 0 Å². The average molecular weight is 214 g/mol. The molecule has 0 radical (unpaired) electrons. The molecule has 0 bridgehead atoms.